The van der Waals surface area contributed by atoms with E-state index < -0.39 is 11.4 Å². The van der Waals surface area contributed by atoms with Crippen molar-refractivity contribution in [3.8, 4) is 0 Å². The van der Waals surface area contributed by atoms with E-state index >= 15 is 0 Å². The van der Waals surface area contributed by atoms with Gasteiger partial charge in [0.05, 0.1) is 11.1 Å². The zero-order valence-corrected chi connectivity index (χ0v) is 10.7. The fourth-order valence-electron chi connectivity index (χ4n) is 1.52. The molecule has 0 aromatic carbocycles. The summed E-state index contributed by atoms with van der Waals surface area (Å²) in [5, 5.41) is 13.6. The number of carbonyl (C=O) groups is 1. The number of aromatic nitrogens is 2. The van der Waals surface area contributed by atoms with Gasteiger partial charge in [-0.3, -0.25) is 9.48 Å². The highest BCUT2D eigenvalue weighted by Gasteiger charge is 2.30. The van der Waals surface area contributed by atoms with Crippen molar-refractivity contribution in [1.29, 1.82) is 0 Å². The smallest absolute Gasteiger partial charge is 0.313 e. The molecule has 1 aromatic heterocycles. The SMILES string of the molecule is C=CC(C)(Cc1ccn(C(C)CC)n1)C(=O)O. The lowest BCUT2D eigenvalue weighted by molar-refractivity contribution is -0.145. The van der Waals surface area contributed by atoms with E-state index in [2.05, 4.69) is 25.5 Å². The van der Waals surface area contributed by atoms with Crippen molar-refractivity contribution in [3.63, 3.8) is 0 Å². The second-order valence-electron chi connectivity index (χ2n) is 4.65. The largest absolute Gasteiger partial charge is 0.481 e. The van der Waals surface area contributed by atoms with Gasteiger partial charge < -0.3 is 5.11 Å². The van der Waals surface area contributed by atoms with E-state index in [1.165, 1.54) is 6.08 Å². The van der Waals surface area contributed by atoms with E-state index in [-0.39, 0.29) is 0 Å². The Balaban J connectivity index is 2.85. The molecule has 0 radical (unpaired) electrons. The van der Waals surface area contributed by atoms with E-state index in [0.29, 0.717) is 12.5 Å². The molecule has 1 aromatic rings. The average Bonchev–Trinajstić information content (AvgIpc) is 2.75. The molecule has 0 fully saturated rings. The first kappa shape index (κ1) is 13.5. The van der Waals surface area contributed by atoms with Crippen LogP contribution in [0.1, 0.15) is 38.9 Å². The predicted octanol–water partition coefficient (Wildman–Crippen LogP) is 2.67. The lowest BCUT2D eigenvalue weighted by atomic mass is 9.86. The van der Waals surface area contributed by atoms with Crippen LogP contribution in [0.25, 0.3) is 0 Å². The van der Waals surface area contributed by atoms with E-state index in [0.717, 1.165) is 12.1 Å². The first-order valence-electron chi connectivity index (χ1n) is 5.84. The predicted molar refractivity (Wildman–Crippen MR) is 66.9 cm³/mol. The molecule has 4 nitrogen and oxygen atoms in total. The molecule has 0 saturated heterocycles. The fraction of sp³-hybridized carbons (Fsp3) is 0.538. The number of rotatable bonds is 6. The van der Waals surface area contributed by atoms with Gasteiger partial charge >= 0.3 is 5.97 Å². The Hall–Kier alpha value is -1.58. The van der Waals surface area contributed by atoms with Gasteiger partial charge in [-0.2, -0.15) is 5.10 Å². The molecule has 1 rings (SSSR count). The molecule has 2 atom stereocenters. The fourth-order valence-corrected chi connectivity index (χ4v) is 1.52. The van der Waals surface area contributed by atoms with Crippen LogP contribution in [0.15, 0.2) is 24.9 Å². The second-order valence-corrected chi connectivity index (χ2v) is 4.65. The summed E-state index contributed by atoms with van der Waals surface area (Å²) in [4.78, 5) is 11.1. The Morgan fingerprint density at radius 1 is 1.76 bits per heavy atom. The molecule has 0 amide bonds. The van der Waals surface area contributed by atoms with Crippen LogP contribution < -0.4 is 0 Å². The molecule has 0 aliphatic carbocycles. The van der Waals surface area contributed by atoms with E-state index in [9.17, 15) is 4.79 Å². The Kier molecular flexibility index (Phi) is 4.10. The Bertz CT molecular complexity index is 411. The van der Waals surface area contributed by atoms with Crippen molar-refractivity contribution in [1.82, 2.24) is 9.78 Å². The first-order valence-corrected chi connectivity index (χ1v) is 5.84. The van der Waals surface area contributed by atoms with E-state index in [1.807, 2.05) is 16.9 Å². The topological polar surface area (TPSA) is 55.1 Å². The molecule has 0 saturated carbocycles. The number of hydrogen-bond donors (Lipinski definition) is 1. The average molecular weight is 236 g/mol. The van der Waals surface area contributed by atoms with Crippen LogP contribution in [-0.2, 0) is 11.2 Å². The molecule has 0 bridgehead atoms. The van der Waals surface area contributed by atoms with Crippen molar-refractivity contribution in [3.05, 3.63) is 30.6 Å². The summed E-state index contributed by atoms with van der Waals surface area (Å²) in [7, 11) is 0. The van der Waals surface area contributed by atoms with Gasteiger partial charge in [0, 0.05) is 18.7 Å². The quantitative estimate of drug-likeness (QED) is 0.772. The third-order valence-electron chi connectivity index (χ3n) is 3.19. The molecular formula is C13H20N2O2. The molecule has 17 heavy (non-hydrogen) atoms. The van der Waals surface area contributed by atoms with Crippen LogP contribution in [0.3, 0.4) is 0 Å². The van der Waals surface area contributed by atoms with Gasteiger partial charge in [0.25, 0.3) is 0 Å². The minimum atomic E-state index is -0.950. The van der Waals surface area contributed by atoms with Crippen LogP contribution in [0.2, 0.25) is 0 Å². The lowest BCUT2D eigenvalue weighted by Gasteiger charge is -2.18. The third kappa shape index (κ3) is 2.96. The summed E-state index contributed by atoms with van der Waals surface area (Å²) in [6, 6.07) is 2.21. The minimum Gasteiger partial charge on any atom is -0.481 e. The molecular weight excluding hydrogens is 216 g/mol. The summed E-state index contributed by atoms with van der Waals surface area (Å²) in [6.45, 7) is 9.43. The van der Waals surface area contributed by atoms with Crippen LogP contribution in [0.4, 0.5) is 0 Å². The normalized spacial score (nSPS) is 16.2. The van der Waals surface area contributed by atoms with Gasteiger partial charge in [-0.15, -0.1) is 6.58 Å². The van der Waals surface area contributed by atoms with Crippen molar-refractivity contribution in [2.24, 2.45) is 5.41 Å². The summed E-state index contributed by atoms with van der Waals surface area (Å²) in [6.07, 6.45) is 4.74. The van der Waals surface area contributed by atoms with Crippen molar-refractivity contribution < 1.29 is 9.90 Å². The third-order valence-corrected chi connectivity index (χ3v) is 3.19. The van der Waals surface area contributed by atoms with E-state index in [1.54, 1.807) is 6.92 Å². The Morgan fingerprint density at radius 3 is 2.88 bits per heavy atom. The standard InChI is InChI=1S/C13H20N2O2/c1-5-10(3)15-8-7-11(14-15)9-13(4,6-2)12(16)17/h6-8,10H,2,5,9H2,1,3-4H3,(H,16,17). The van der Waals surface area contributed by atoms with Crippen molar-refractivity contribution >= 4 is 5.97 Å². The van der Waals surface area contributed by atoms with Crippen LogP contribution >= 0.6 is 0 Å². The second kappa shape index (κ2) is 5.17. The highest BCUT2D eigenvalue weighted by Crippen LogP contribution is 2.24. The van der Waals surface area contributed by atoms with Crippen LogP contribution in [0, 0.1) is 5.41 Å². The number of carboxylic acid groups (broad SMARTS) is 1. The summed E-state index contributed by atoms with van der Waals surface area (Å²) in [5.74, 6) is -0.870. The molecule has 0 aliphatic rings. The highest BCUT2D eigenvalue weighted by atomic mass is 16.4. The number of nitrogens with zero attached hydrogens (tertiary/aromatic N) is 2. The van der Waals surface area contributed by atoms with Gasteiger partial charge in [0.15, 0.2) is 0 Å². The monoisotopic (exact) mass is 236 g/mol. The van der Waals surface area contributed by atoms with Crippen molar-refractivity contribution in [2.75, 3.05) is 0 Å². The van der Waals surface area contributed by atoms with Gasteiger partial charge in [-0.1, -0.05) is 13.0 Å². The molecule has 1 heterocycles. The molecule has 1 N–H and O–H groups in total. The zero-order valence-electron chi connectivity index (χ0n) is 10.7. The van der Waals surface area contributed by atoms with Gasteiger partial charge in [0.2, 0.25) is 0 Å². The molecule has 2 unspecified atom stereocenters. The maximum atomic E-state index is 11.1. The molecule has 0 spiro atoms. The zero-order chi connectivity index (χ0) is 13.1. The van der Waals surface area contributed by atoms with Gasteiger partial charge in [-0.25, -0.2) is 0 Å². The molecule has 4 heteroatoms. The summed E-state index contributed by atoms with van der Waals surface area (Å²) < 4.78 is 1.88. The number of aliphatic carboxylic acids is 1. The molecule has 0 aliphatic heterocycles. The van der Waals surface area contributed by atoms with Gasteiger partial charge in [0.1, 0.15) is 0 Å². The summed E-state index contributed by atoms with van der Waals surface area (Å²) in [5.41, 5.74) is -0.163. The number of carboxylic acids is 1. The van der Waals surface area contributed by atoms with Gasteiger partial charge in [-0.05, 0) is 26.3 Å². The van der Waals surface area contributed by atoms with Crippen LogP contribution in [-0.4, -0.2) is 20.9 Å². The maximum absolute atomic E-state index is 11.1. The summed E-state index contributed by atoms with van der Waals surface area (Å²) >= 11 is 0. The Morgan fingerprint density at radius 2 is 2.41 bits per heavy atom. The first-order chi connectivity index (χ1) is 7.92. The van der Waals surface area contributed by atoms with Crippen LogP contribution in [0.5, 0.6) is 0 Å². The van der Waals surface area contributed by atoms with E-state index in [4.69, 9.17) is 5.11 Å². The maximum Gasteiger partial charge on any atom is 0.313 e. The molecule has 94 valence electrons. The highest BCUT2D eigenvalue weighted by molar-refractivity contribution is 5.76. The van der Waals surface area contributed by atoms with Crippen molar-refractivity contribution in [2.45, 2.75) is 39.7 Å². The lowest BCUT2D eigenvalue weighted by Crippen LogP contribution is -2.27. The number of hydrogen-bond acceptors (Lipinski definition) is 2. The minimum absolute atomic E-state index is 0.337. The Labute approximate surface area is 102 Å².